The van der Waals surface area contributed by atoms with E-state index in [4.69, 9.17) is 4.74 Å². The number of rotatable bonds is 1. The number of hydrogen-bond donors (Lipinski definition) is 0. The zero-order valence-corrected chi connectivity index (χ0v) is 6.51. The molecule has 1 heterocycles. The monoisotopic (exact) mass is 137 g/mol. The lowest BCUT2D eigenvalue weighted by Crippen LogP contribution is -1.90. The first-order chi connectivity index (χ1) is 4.74. The number of aromatic nitrogens is 1. The summed E-state index contributed by atoms with van der Waals surface area (Å²) in [5.74, 6) is 0.714. The molecule has 10 heavy (non-hydrogen) atoms. The average Bonchev–Trinajstić information content (AvgIpc) is 1.88. The minimum absolute atomic E-state index is 0.714. The summed E-state index contributed by atoms with van der Waals surface area (Å²) in [6.07, 6.45) is 1.80. The van der Waals surface area contributed by atoms with Crippen LogP contribution in [-0.4, -0.2) is 12.1 Å². The number of pyridine rings is 1. The molecule has 0 spiro atoms. The highest BCUT2D eigenvalue weighted by atomic mass is 16.5. The third-order valence-electron chi connectivity index (χ3n) is 1.36. The summed E-state index contributed by atoms with van der Waals surface area (Å²) in [7, 11) is 1.63. The first kappa shape index (κ1) is 7.06. The molecule has 2 nitrogen and oxygen atoms in total. The van der Waals surface area contributed by atoms with Crippen molar-refractivity contribution in [3.8, 4) is 5.88 Å². The fourth-order valence-corrected chi connectivity index (χ4v) is 0.916. The van der Waals surface area contributed by atoms with Crippen molar-refractivity contribution < 1.29 is 4.74 Å². The highest BCUT2D eigenvalue weighted by Crippen LogP contribution is 2.13. The van der Waals surface area contributed by atoms with Crippen LogP contribution in [0.25, 0.3) is 0 Å². The molecular formula is C8H11NO. The molecule has 0 bridgehead atoms. The molecule has 0 atom stereocenters. The Labute approximate surface area is 60.9 Å². The molecule has 2 heteroatoms. The van der Waals surface area contributed by atoms with Gasteiger partial charge in [0.1, 0.15) is 0 Å². The second kappa shape index (κ2) is 2.69. The molecule has 0 aliphatic heterocycles. The molecular weight excluding hydrogens is 126 g/mol. The molecule has 0 aromatic carbocycles. The van der Waals surface area contributed by atoms with Crippen molar-refractivity contribution >= 4 is 0 Å². The lowest BCUT2D eigenvalue weighted by molar-refractivity contribution is 0.394. The van der Waals surface area contributed by atoms with E-state index in [9.17, 15) is 0 Å². The van der Waals surface area contributed by atoms with Gasteiger partial charge in [0.25, 0.3) is 0 Å². The molecule has 0 amide bonds. The van der Waals surface area contributed by atoms with Crippen LogP contribution in [0.5, 0.6) is 5.88 Å². The van der Waals surface area contributed by atoms with Crippen LogP contribution in [0.2, 0.25) is 0 Å². The highest BCUT2D eigenvalue weighted by molar-refractivity contribution is 5.27. The predicted octanol–water partition coefficient (Wildman–Crippen LogP) is 1.71. The van der Waals surface area contributed by atoms with E-state index in [1.54, 1.807) is 13.3 Å². The summed E-state index contributed by atoms with van der Waals surface area (Å²) in [4.78, 5) is 4.07. The zero-order valence-electron chi connectivity index (χ0n) is 6.51. The van der Waals surface area contributed by atoms with Crippen LogP contribution in [0.4, 0.5) is 0 Å². The van der Waals surface area contributed by atoms with E-state index in [0.717, 1.165) is 5.56 Å². The maximum absolute atomic E-state index is 4.99. The van der Waals surface area contributed by atoms with Gasteiger partial charge in [-0.15, -0.1) is 0 Å². The van der Waals surface area contributed by atoms with E-state index >= 15 is 0 Å². The summed E-state index contributed by atoms with van der Waals surface area (Å²) in [6.45, 7) is 4.00. The van der Waals surface area contributed by atoms with Crippen LogP contribution >= 0.6 is 0 Å². The fraction of sp³-hybridized carbons (Fsp3) is 0.375. The maximum atomic E-state index is 4.99. The molecule has 0 saturated carbocycles. The molecule has 0 fully saturated rings. The summed E-state index contributed by atoms with van der Waals surface area (Å²) < 4.78 is 4.99. The Morgan fingerprint density at radius 1 is 1.40 bits per heavy atom. The minimum atomic E-state index is 0.714. The molecule has 0 aliphatic carbocycles. The third-order valence-corrected chi connectivity index (χ3v) is 1.36. The van der Waals surface area contributed by atoms with Crippen molar-refractivity contribution in [1.82, 2.24) is 4.98 Å². The van der Waals surface area contributed by atoms with Crippen LogP contribution in [0.1, 0.15) is 11.1 Å². The van der Waals surface area contributed by atoms with Gasteiger partial charge in [0.2, 0.25) is 5.88 Å². The summed E-state index contributed by atoms with van der Waals surface area (Å²) >= 11 is 0. The standard InChI is InChI=1S/C8H11NO/c1-6-4-7(2)8(10-3)9-5-6/h4-5H,1-3H3. The lowest BCUT2D eigenvalue weighted by Gasteiger charge is -2.01. The Bertz CT molecular complexity index is 233. The van der Waals surface area contributed by atoms with Gasteiger partial charge >= 0.3 is 0 Å². The number of ether oxygens (including phenoxy) is 1. The fourth-order valence-electron chi connectivity index (χ4n) is 0.916. The minimum Gasteiger partial charge on any atom is -0.481 e. The first-order valence-electron chi connectivity index (χ1n) is 3.21. The summed E-state index contributed by atoms with van der Waals surface area (Å²) in [6, 6.07) is 2.05. The molecule has 54 valence electrons. The van der Waals surface area contributed by atoms with E-state index in [0.29, 0.717) is 5.88 Å². The number of hydrogen-bond acceptors (Lipinski definition) is 2. The number of aryl methyl sites for hydroxylation is 2. The van der Waals surface area contributed by atoms with Crippen LogP contribution in [-0.2, 0) is 0 Å². The maximum Gasteiger partial charge on any atom is 0.215 e. The zero-order chi connectivity index (χ0) is 7.56. The van der Waals surface area contributed by atoms with Gasteiger partial charge in [-0.05, 0) is 25.5 Å². The largest absolute Gasteiger partial charge is 0.481 e. The Hall–Kier alpha value is -1.05. The summed E-state index contributed by atoms with van der Waals surface area (Å²) in [5, 5.41) is 0. The lowest BCUT2D eigenvalue weighted by atomic mass is 10.2. The molecule has 0 N–H and O–H groups in total. The molecule has 1 aromatic heterocycles. The van der Waals surface area contributed by atoms with Gasteiger partial charge in [0, 0.05) is 11.8 Å². The van der Waals surface area contributed by atoms with E-state index < -0.39 is 0 Å². The van der Waals surface area contributed by atoms with Crippen molar-refractivity contribution in [2.24, 2.45) is 0 Å². The van der Waals surface area contributed by atoms with E-state index in [1.165, 1.54) is 5.56 Å². The van der Waals surface area contributed by atoms with Crippen LogP contribution in [0.3, 0.4) is 0 Å². The van der Waals surface area contributed by atoms with Crippen LogP contribution in [0, 0.1) is 13.8 Å². The van der Waals surface area contributed by atoms with Gasteiger partial charge in [0.05, 0.1) is 7.11 Å². The van der Waals surface area contributed by atoms with Crippen molar-refractivity contribution in [1.29, 1.82) is 0 Å². The molecule has 1 rings (SSSR count). The highest BCUT2D eigenvalue weighted by Gasteiger charge is 1.96. The van der Waals surface area contributed by atoms with Crippen molar-refractivity contribution in [2.45, 2.75) is 13.8 Å². The third kappa shape index (κ3) is 1.26. The Morgan fingerprint density at radius 2 is 2.10 bits per heavy atom. The molecule has 1 aromatic rings. The number of nitrogens with zero attached hydrogens (tertiary/aromatic N) is 1. The quantitative estimate of drug-likeness (QED) is 0.587. The summed E-state index contributed by atoms with van der Waals surface area (Å²) in [5.41, 5.74) is 2.25. The Kier molecular flexibility index (Phi) is 1.90. The predicted molar refractivity (Wildman–Crippen MR) is 40.3 cm³/mol. The van der Waals surface area contributed by atoms with Crippen molar-refractivity contribution in [3.63, 3.8) is 0 Å². The van der Waals surface area contributed by atoms with Gasteiger partial charge in [-0.2, -0.15) is 0 Å². The number of methoxy groups -OCH3 is 1. The van der Waals surface area contributed by atoms with Gasteiger partial charge in [-0.1, -0.05) is 0 Å². The van der Waals surface area contributed by atoms with Crippen LogP contribution < -0.4 is 4.74 Å². The average molecular weight is 137 g/mol. The van der Waals surface area contributed by atoms with Crippen molar-refractivity contribution in [2.75, 3.05) is 7.11 Å². The molecule has 0 unspecified atom stereocenters. The SMILES string of the molecule is COc1ncc(C)cc1C. The first-order valence-corrected chi connectivity index (χ1v) is 3.21. The normalized spacial score (nSPS) is 9.50. The smallest absolute Gasteiger partial charge is 0.215 e. The van der Waals surface area contributed by atoms with Gasteiger partial charge in [-0.3, -0.25) is 0 Å². The van der Waals surface area contributed by atoms with E-state index in [1.807, 2.05) is 19.9 Å². The Balaban J connectivity index is 3.07. The molecule has 0 radical (unpaired) electrons. The Morgan fingerprint density at radius 3 is 2.60 bits per heavy atom. The van der Waals surface area contributed by atoms with E-state index in [2.05, 4.69) is 4.98 Å². The van der Waals surface area contributed by atoms with Crippen molar-refractivity contribution in [3.05, 3.63) is 23.4 Å². The molecule has 0 aliphatic rings. The van der Waals surface area contributed by atoms with E-state index in [-0.39, 0.29) is 0 Å². The van der Waals surface area contributed by atoms with Gasteiger partial charge in [0.15, 0.2) is 0 Å². The van der Waals surface area contributed by atoms with Gasteiger partial charge in [-0.25, -0.2) is 4.98 Å². The molecule has 0 saturated heterocycles. The topological polar surface area (TPSA) is 22.1 Å². The van der Waals surface area contributed by atoms with Gasteiger partial charge < -0.3 is 4.74 Å². The second-order valence-electron chi connectivity index (χ2n) is 2.34. The second-order valence-corrected chi connectivity index (χ2v) is 2.34. The van der Waals surface area contributed by atoms with Crippen LogP contribution in [0.15, 0.2) is 12.3 Å².